The van der Waals surface area contributed by atoms with Crippen molar-refractivity contribution in [2.24, 2.45) is 0 Å². The summed E-state index contributed by atoms with van der Waals surface area (Å²) in [4.78, 5) is 10.6. The number of aromatic nitrogens is 2. The maximum absolute atomic E-state index is 9.66. The molecule has 1 aromatic carbocycles. The van der Waals surface area contributed by atoms with Crippen LogP contribution in [0.3, 0.4) is 0 Å². The molecule has 1 fully saturated rings. The number of piperidine rings is 1. The van der Waals surface area contributed by atoms with E-state index in [2.05, 4.69) is 33.1 Å². The second-order valence-corrected chi connectivity index (χ2v) is 5.11. The van der Waals surface area contributed by atoms with E-state index in [0.717, 1.165) is 37.3 Å². The molecule has 2 heterocycles. The van der Waals surface area contributed by atoms with Gasteiger partial charge in [0.15, 0.2) is 0 Å². The van der Waals surface area contributed by atoms with Crippen LogP contribution in [0.15, 0.2) is 48.9 Å². The third-order valence-corrected chi connectivity index (χ3v) is 4.03. The summed E-state index contributed by atoms with van der Waals surface area (Å²) in [5.74, 6) is 0.895. The van der Waals surface area contributed by atoms with Crippen molar-refractivity contribution < 1.29 is 0 Å². The Balaban J connectivity index is 1.79. The Labute approximate surface area is 118 Å². The fraction of sp³-hybridized carbons (Fsp3) is 0.312. The smallest absolute Gasteiger partial charge is 0.147 e. The minimum atomic E-state index is -0.361. The van der Waals surface area contributed by atoms with Crippen molar-refractivity contribution in [3.05, 3.63) is 54.5 Å². The van der Waals surface area contributed by atoms with Gasteiger partial charge in [-0.05, 0) is 18.4 Å². The number of hydrogen-bond donors (Lipinski definition) is 0. The fourth-order valence-corrected chi connectivity index (χ4v) is 2.79. The van der Waals surface area contributed by atoms with Crippen LogP contribution >= 0.6 is 0 Å². The Morgan fingerprint density at radius 2 is 1.85 bits per heavy atom. The molecule has 3 rings (SSSR count). The molecule has 100 valence electrons. The van der Waals surface area contributed by atoms with E-state index in [4.69, 9.17) is 0 Å². The highest BCUT2D eigenvalue weighted by Gasteiger charge is 2.36. The van der Waals surface area contributed by atoms with E-state index in [9.17, 15) is 5.26 Å². The van der Waals surface area contributed by atoms with Gasteiger partial charge in [-0.25, -0.2) is 4.98 Å². The van der Waals surface area contributed by atoms with Crippen LogP contribution in [0.4, 0.5) is 5.82 Å². The van der Waals surface area contributed by atoms with Crippen LogP contribution < -0.4 is 4.90 Å². The number of rotatable bonds is 2. The first kappa shape index (κ1) is 12.6. The summed E-state index contributed by atoms with van der Waals surface area (Å²) < 4.78 is 0. The highest BCUT2D eigenvalue weighted by atomic mass is 15.2. The summed E-state index contributed by atoms with van der Waals surface area (Å²) in [5.41, 5.74) is 0.765. The molecule has 1 aliphatic rings. The first-order valence-corrected chi connectivity index (χ1v) is 6.82. The Kier molecular flexibility index (Phi) is 3.34. The van der Waals surface area contributed by atoms with Crippen molar-refractivity contribution in [3.8, 4) is 6.07 Å². The Morgan fingerprint density at radius 3 is 2.45 bits per heavy atom. The van der Waals surface area contributed by atoms with Crippen LogP contribution in [-0.4, -0.2) is 23.1 Å². The molecule has 4 nitrogen and oxygen atoms in total. The molecule has 1 saturated heterocycles. The molecule has 0 atom stereocenters. The molecular weight excluding hydrogens is 248 g/mol. The number of anilines is 1. The van der Waals surface area contributed by atoms with Crippen LogP contribution in [0.2, 0.25) is 0 Å². The minimum Gasteiger partial charge on any atom is -0.355 e. The fourth-order valence-electron chi connectivity index (χ4n) is 2.79. The topological polar surface area (TPSA) is 52.8 Å². The average molecular weight is 264 g/mol. The van der Waals surface area contributed by atoms with Gasteiger partial charge in [-0.15, -0.1) is 0 Å². The Hall–Kier alpha value is -2.41. The van der Waals surface area contributed by atoms with Gasteiger partial charge in [-0.2, -0.15) is 5.26 Å². The van der Waals surface area contributed by atoms with E-state index >= 15 is 0 Å². The van der Waals surface area contributed by atoms with Crippen LogP contribution in [0.1, 0.15) is 18.4 Å². The number of nitriles is 1. The van der Waals surface area contributed by atoms with Gasteiger partial charge in [0.25, 0.3) is 0 Å². The molecule has 0 N–H and O–H groups in total. The molecule has 0 bridgehead atoms. The van der Waals surface area contributed by atoms with E-state index < -0.39 is 0 Å². The Bertz CT molecular complexity index is 595. The second-order valence-electron chi connectivity index (χ2n) is 5.11. The third kappa shape index (κ3) is 2.23. The van der Waals surface area contributed by atoms with Gasteiger partial charge in [0, 0.05) is 25.5 Å². The quantitative estimate of drug-likeness (QED) is 0.836. The van der Waals surface area contributed by atoms with E-state index in [0.29, 0.717) is 0 Å². The lowest BCUT2D eigenvalue weighted by molar-refractivity contribution is 0.414. The first-order chi connectivity index (χ1) is 9.84. The highest BCUT2D eigenvalue weighted by Crippen LogP contribution is 2.35. The van der Waals surface area contributed by atoms with Crippen LogP contribution in [0.5, 0.6) is 0 Å². The zero-order valence-electron chi connectivity index (χ0n) is 11.2. The summed E-state index contributed by atoms with van der Waals surface area (Å²) in [6.07, 6.45) is 6.81. The van der Waals surface area contributed by atoms with Crippen molar-refractivity contribution in [2.45, 2.75) is 18.3 Å². The van der Waals surface area contributed by atoms with Crippen molar-refractivity contribution in [1.82, 2.24) is 9.97 Å². The zero-order chi connectivity index (χ0) is 13.8. The third-order valence-electron chi connectivity index (χ3n) is 4.03. The highest BCUT2D eigenvalue weighted by molar-refractivity contribution is 5.40. The summed E-state index contributed by atoms with van der Waals surface area (Å²) in [6.45, 7) is 1.67. The second kappa shape index (κ2) is 5.30. The molecule has 1 aliphatic heterocycles. The Morgan fingerprint density at radius 1 is 1.10 bits per heavy atom. The standard InChI is InChI=1S/C16H16N4/c17-13-16(14-4-2-1-3-5-14)6-10-20(11-7-16)15-12-18-8-9-19-15/h1-5,8-9,12H,6-7,10-11H2. The lowest BCUT2D eigenvalue weighted by atomic mass is 9.74. The van der Waals surface area contributed by atoms with E-state index in [-0.39, 0.29) is 5.41 Å². The number of nitrogens with zero attached hydrogens (tertiary/aromatic N) is 4. The SMILES string of the molecule is N#CC1(c2ccccc2)CCN(c2cnccn2)CC1. The van der Waals surface area contributed by atoms with E-state index in [1.54, 1.807) is 18.6 Å². The maximum atomic E-state index is 9.66. The first-order valence-electron chi connectivity index (χ1n) is 6.82. The van der Waals surface area contributed by atoms with Crippen LogP contribution in [-0.2, 0) is 5.41 Å². The molecular formula is C16H16N4. The predicted molar refractivity (Wildman–Crippen MR) is 77.2 cm³/mol. The summed E-state index contributed by atoms with van der Waals surface area (Å²) in [7, 11) is 0. The molecule has 0 amide bonds. The van der Waals surface area contributed by atoms with Gasteiger partial charge in [-0.3, -0.25) is 4.98 Å². The van der Waals surface area contributed by atoms with Gasteiger partial charge < -0.3 is 4.90 Å². The summed E-state index contributed by atoms with van der Waals surface area (Å²) in [6, 6.07) is 12.7. The molecule has 0 saturated carbocycles. The van der Waals surface area contributed by atoms with Crippen molar-refractivity contribution in [1.29, 1.82) is 5.26 Å². The number of hydrogen-bond acceptors (Lipinski definition) is 4. The summed E-state index contributed by atoms with van der Waals surface area (Å²) >= 11 is 0. The predicted octanol–water partition coefficient (Wildman–Crippen LogP) is 2.54. The van der Waals surface area contributed by atoms with E-state index in [1.165, 1.54) is 0 Å². The molecule has 2 aromatic rings. The van der Waals surface area contributed by atoms with Crippen molar-refractivity contribution in [2.75, 3.05) is 18.0 Å². The molecule has 20 heavy (non-hydrogen) atoms. The normalized spacial score (nSPS) is 17.4. The maximum Gasteiger partial charge on any atom is 0.147 e. The molecule has 0 unspecified atom stereocenters. The largest absolute Gasteiger partial charge is 0.355 e. The molecule has 1 aromatic heterocycles. The van der Waals surface area contributed by atoms with Gasteiger partial charge in [0.2, 0.25) is 0 Å². The van der Waals surface area contributed by atoms with Gasteiger partial charge >= 0.3 is 0 Å². The van der Waals surface area contributed by atoms with Gasteiger partial charge in [0.1, 0.15) is 5.82 Å². The molecule has 0 aliphatic carbocycles. The van der Waals surface area contributed by atoms with Crippen molar-refractivity contribution in [3.63, 3.8) is 0 Å². The zero-order valence-corrected chi connectivity index (χ0v) is 11.2. The van der Waals surface area contributed by atoms with Crippen LogP contribution in [0, 0.1) is 11.3 Å². The lowest BCUT2D eigenvalue weighted by Gasteiger charge is -2.38. The van der Waals surface area contributed by atoms with Gasteiger partial charge in [-0.1, -0.05) is 30.3 Å². The van der Waals surface area contributed by atoms with Gasteiger partial charge in [0.05, 0.1) is 17.7 Å². The van der Waals surface area contributed by atoms with Crippen molar-refractivity contribution >= 4 is 5.82 Å². The minimum absolute atomic E-state index is 0.361. The average Bonchev–Trinajstić information content (AvgIpc) is 2.56. The van der Waals surface area contributed by atoms with E-state index in [1.807, 2.05) is 18.2 Å². The summed E-state index contributed by atoms with van der Waals surface area (Å²) in [5, 5.41) is 9.66. The monoisotopic (exact) mass is 264 g/mol. The van der Waals surface area contributed by atoms with Crippen LogP contribution in [0.25, 0.3) is 0 Å². The molecule has 0 radical (unpaired) electrons. The number of benzene rings is 1. The molecule has 0 spiro atoms. The molecule has 4 heteroatoms. The lowest BCUT2D eigenvalue weighted by Crippen LogP contribution is -2.42.